The Morgan fingerprint density at radius 3 is 2.60 bits per heavy atom. The maximum atomic E-state index is 12.3. The zero-order valence-corrected chi connectivity index (χ0v) is 15.3. The lowest BCUT2D eigenvalue weighted by atomic mass is 9.95. The molecule has 3 rings (SSSR count). The Morgan fingerprint density at radius 1 is 1.16 bits per heavy atom. The molecule has 132 valence electrons. The number of ether oxygens (including phenoxy) is 1. The zero-order chi connectivity index (χ0) is 17.8. The third-order valence-corrected chi connectivity index (χ3v) is 5.53. The Balaban J connectivity index is 1.71. The van der Waals surface area contributed by atoms with Crippen molar-refractivity contribution in [3.8, 4) is 0 Å². The Labute approximate surface area is 151 Å². The van der Waals surface area contributed by atoms with Crippen molar-refractivity contribution in [2.75, 3.05) is 24.3 Å². The molecule has 6 heteroatoms. The second-order valence-corrected chi connectivity index (χ2v) is 7.28. The number of carbonyl (C=O) groups is 2. The Hall–Kier alpha value is -2.34. The normalized spacial score (nSPS) is 13.0. The Bertz CT molecular complexity index is 781. The Kier molecular flexibility index (Phi) is 5.38. The summed E-state index contributed by atoms with van der Waals surface area (Å²) in [6, 6.07) is 7.85. The molecular formula is C19H22N2O3S. The molecule has 1 aromatic carbocycles. The van der Waals surface area contributed by atoms with Crippen LogP contribution in [0.4, 0.5) is 10.7 Å². The number of thiophene rings is 1. The molecule has 0 fully saturated rings. The van der Waals surface area contributed by atoms with Crippen LogP contribution in [0.1, 0.15) is 39.2 Å². The van der Waals surface area contributed by atoms with Gasteiger partial charge in [-0.25, -0.2) is 4.79 Å². The molecule has 0 unspecified atom stereocenters. The van der Waals surface area contributed by atoms with Crippen LogP contribution in [0.2, 0.25) is 0 Å². The topological polar surface area (TPSA) is 67.4 Å². The highest BCUT2D eigenvalue weighted by Gasteiger charge is 2.26. The molecule has 1 aliphatic rings. The fourth-order valence-corrected chi connectivity index (χ4v) is 4.29. The second kappa shape index (κ2) is 7.70. The van der Waals surface area contributed by atoms with Crippen molar-refractivity contribution < 1.29 is 14.3 Å². The van der Waals surface area contributed by atoms with Crippen LogP contribution in [0.25, 0.3) is 0 Å². The van der Waals surface area contributed by atoms with Gasteiger partial charge in [0.25, 0.3) is 0 Å². The second-order valence-electron chi connectivity index (χ2n) is 6.17. The van der Waals surface area contributed by atoms with E-state index >= 15 is 0 Å². The van der Waals surface area contributed by atoms with Crippen LogP contribution in [0.5, 0.6) is 0 Å². The van der Waals surface area contributed by atoms with Gasteiger partial charge in [0.15, 0.2) is 0 Å². The van der Waals surface area contributed by atoms with E-state index in [1.54, 1.807) is 0 Å². The fraction of sp³-hybridized carbons (Fsp3) is 0.368. The lowest BCUT2D eigenvalue weighted by Gasteiger charge is -2.12. The van der Waals surface area contributed by atoms with Gasteiger partial charge in [-0.3, -0.25) is 4.79 Å². The number of hydrogen-bond donors (Lipinski definition) is 2. The standard InChI is InChI=1S/C19H22N2O3S/c1-12-7-9-13(10-8-12)20-11-16(22)21-18-17(19(23)24-2)14-5-3-4-6-15(14)25-18/h7-10,20H,3-6,11H2,1-2H3,(H,21,22). The molecule has 25 heavy (non-hydrogen) atoms. The minimum atomic E-state index is -0.374. The van der Waals surface area contributed by atoms with Gasteiger partial charge in [0.1, 0.15) is 5.00 Å². The average molecular weight is 358 g/mol. The molecule has 0 bridgehead atoms. The number of rotatable bonds is 5. The predicted molar refractivity (Wildman–Crippen MR) is 101 cm³/mol. The third-order valence-electron chi connectivity index (χ3n) is 4.32. The van der Waals surface area contributed by atoms with Crippen LogP contribution >= 0.6 is 11.3 Å². The molecule has 1 amide bonds. The lowest BCUT2D eigenvalue weighted by Crippen LogP contribution is -2.22. The van der Waals surface area contributed by atoms with Crippen molar-refractivity contribution >= 4 is 33.9 Å². The largest absolute Gasteiger partial charge is 0.465 e. The van der Waals surface area contributed by atoms with Gasteiger partial charge < -0.3 is 15.4 Å². The predicted octanol–water partition coefficient (Wildman–Crippen LogP) is 3.77. The van der Waals surface area contributed by atoms with Crippen molar-refractivity contribution in [3.05, 3.63) is 45.8 Å². The van der Waals surface area contributed by atoms with Gasteiger partial charge in [0.2, 0.25) is 5.91 Å². The average Bonchev–Trinajstić information content (AvgIpc) is 2.98. The number of hydrogen-bond acceptors (Lipinski definition) is 5. The fourth-order valence-electron chi connectivity index (χ4n) is 3.00. The number of methoxy groups -OCH3 is 1. The van der Waals surface area contributed by atoms with Gasteiger partial charge in [0, 0.05) is 10.6 Å². The van der Waals surface area contributed by atoms with E-state index in [1.807, 2.05) is 31.2 Å². The zero-order valence-electron chi connectivity index (χ0n) is 14.5. The van der Waals surface area contributed by atoms with E-state index in [-0.39, 0.29) is 18.4 Å². The van der Waals surface area contributed by atoms with Gasteiger partial charge in [-0.1, -0.05) is 17.7 Å². The summed E-state index contributed by atoms with van der Waals surface area (Å²) in [5, 5.41) is 6.58. The highest BCUT2D eigenvalue weighted by atomic mass is 32.1. The van der Waals surface area contributed by atoms with E-state index in [0.717, 1.165) is 36.9 Å². The summed E-state index contributed by atoms with van der Waals surface area (Å²) in [5.74, 6) is -0.550. The van der Waals surface area contributed by atoms with Crippen LogP contribution in [-0.4, -0.2) is 25.5 Å². The number of aryl methyl sites for hydroxylation is 2. The third kappa shape index (κ3) is 4.02. The minimum Gasteiger partial charge on any atom is -0.465 e. The first-order valence-corrected chi connectivity index (χ1v) is 9.23. The summed E-state index contributed by atoms with van der Waals surface area (Å²) in [5.41, 5.74) is 3.64. The SMILES string of the molecule is COC(=O)c1c(NC(=O)CNc2ccc(C)cc2)sc2c1CCCC2. The number of nitrogens with one attached hydrogen (secondary N) is 2. The number of carbonyl (C=O) groups excluding carboxylic acids is 2. The molecule has 0 saturated heterocycles. The number of anilines is 2. The summed E-state index contributed by atoms with van der Waals surface area (Å²) in [6.07, 6.45) is 4.02. The van der Waals surface area contributed by atoms with Crippen LogP contribution in [0.15, 0.2) is 24.3 Å². The maximum absolute atomic E-state index is 12.3. The van der Waals surface area contributed by atoms with E-state index in [0.29, 0.717) is 10.6 Å². The molecule has 1 aliphatic carbocycles. The van der Waals surface area contributed by atoms with Crippen LogP contribution in [-0.2, 0) is 22.4 Å². The van der Waals surface area contributed by atoms with Gasteiger partial charge in [-0.05, 0) is 50.3 Å². The minimum absolute atomic E-state index is 0.145. The van der Waals surface area contributed by atoms with Gasteiger partial charge in [-0.2, -0.15) is 0 Å². The summed E-state index contributed by atoms with van der Waals surface area (Å²) in [7, 11) is 1.37. The number of fused-ring (bicyclic) bond motifs is 1. The number of amides is 1. The van der Waals surface area contributed by atoms with E-state index in [4.69, 9.17) is 4.74 Å². The van der Waals surface area contributed by atoms with Crippen molar-refractivity contribution in [2.24, 2.45) is 0 Å². The maximum Gasteiger partial charge on any atom is 0.341 e. The molecule has 0 spiro atoms. The van der Waals surface area contributed by atoms with E-state index in [2.05, 4.69) is 10.6 Å². The van der Waals surface area contributed by atoms with Crippen molar-refractivity contribution in [1.82, 2.24) is 0 Å². The van der Waals surface area contributed by atoms with Gasteiger partial charge in [-0.15, -0.1) is 11.3 Å². The van der Waals surface area contributed by atoms with Crippen molar-refractivity contribution in [1.29, 1.82) is 0 Å². The van der Waals surface area contributed by atoms with Crippen molar-refractivity contribution in [2.45, 2.75) is 32.6 Å². The first-order chi connectivity index (χ1) is 12.1. The lowest BCUT2D eigenvalue weighted by molar-refractivity contribution is -0.114. The first-order valence-electron chi connectivity index (χ1n) is 8.41. The molecule has 2 N–H and O–H groups in total. The first kappa shape index (κ1) is 17.5. The molecule has 1 heterocycles. The monoisotopic (exact) mass is 358 g/mol. The number of esters is 1. The van der Waals surface area contributed by atoms with Crippen LogP contribution in [0.3, 0.4) is 0 Å². The molecule has 0 radical (unpaired) electrons. The van der Waals surface area contributed by atoms with Crippen LogP contribution in [0, 0.1) is 6.92 Å². The molecule has 0 saturated carbocycles. The van der Waals surface area contributed by atoms with E-state index in [9.17, 15) is 9.59 Å². The molecule has 2 aromatic rings. The summed E-state index contributed by atoms with van der Waals surface area (Å²) in [6.45, 7) is 2.16. The quantitative estimate of drug-likeness (QED) is 0.799. The molecule has 0 aliphatic heterocycles. The number of benzene rings is 1. The van der Waals surface area contributed by atoms with E-state index in [1.165, 1.54) is 28.9 Å². The summed E-state index contributed by atoms with van der Waals surface area (Å²) < 4.78 is 4.92. The van der Waals surface area contributed by atoms with Crippen LogP contribution < -0.4 is 10.6 Å². The van der Waals surface area contributed by atoms with Gasteiger partial charge in [0.05, 0.1) is 19.2 Å². The summed E-state index contributed by atoms with van der Waals surface area (Å²) in [4.78, 5) is 25.7. The van der Waals surface area contributed by atoms with E-state index < -0.39 is 0 Å². The highest BCUT2D eigenvalue weighted by molar-refractivity contribution is 7.17. The smallest absolute Gasteiger partial charge is 0.341 e. The summed E-state index contributed by atoms with van der Waals surface area (Å²) >= 11 is 1.50. The molecular weight excluding hydrogens is 336 g/mol. The van der Waals surface area contributed by atoms with Crippen molar-refractivity contribution in [3.63, 3.8) is 0 Å². The molecule has 0 atom stereocenters. The van der Waals surface area contributed by atoms with Gasteiger partial charge >= 0.3 is 5.97 Å². The highest BCUT2D eigenvalue weighted by Crippen LogP contribution is 2.38. The Morgan fingerprint density at radius 2 is 1.88 bits per heavy atom. The molecule has 1 aromatic heterocycles. The molecule has 5 nitrogen and oxygen atoms in total.